The molecule has 1 amide bonds. The third-order valence-corrected chi connectivity index (χ3v) is 2.61. The predicted molar refractivity (Wildman–Crippen MR) is 74.6 cm³/mol. The van der Waals surface area contributed by atoms with E-state index in [-0.39, 0.29) is 12.1 Å². The molecule has 1 aromatic rings. The van der Waals surface area contributed by atoms with E-state index in [4.69, 9.17) is 9.57 Å². The zero-order valence-corrected chi connectivity index (χ0v) is 12.1. The summed E-state index contributed by atoms with van der Waals surface area (Å²) in [6.45, 7) is 8.20. The quantitative estimate of drug-likeness (QED) is 0.813. The Kier molecular flexibility index (Phi) is 6.36. The van der Waals surface area contributed by atoms with Gasteiger partial charge in [0.2, 0.25) is 0 Å². The lowest BCUT2D eigenvalue weighted by molar-refractivity contribution is -0.116. The molecular formula is C15H23NO3. The summed E-state index contributed by atoms with van der Waals surface area (Å²) in [4.78, 5) is 17.2. The van der Waals surface area contributed by atoms with Gasteiger partial charge in [-0.3, -0.25) is 4.84 Å². The zero-order valence-electron chi connectivity index (χ0n) is 12.1. The van der Waals surface area contributed by atoms with Gasteiger partial charge in [0.1, 0.15) is 0 Å². The Balaban J connectivity index is 0.000000861. The van der Waals surface area contributed by atoms with Crippen LogP contribution >= 0.6 is 0 Å². The molecular weight excluding hydrogens is 242 g/mol. The first-order valence-electron chi connectivity index (χ1n) is 6.86. The van der Waals surface area contributed by atoms with Crippen LogP contribution < -0.4 is 0 Å². The second-order valence-corrected chi connectivity index (χ2v) is 4.31. The monoisotopic (exact) mass is 265 g/mol. The van der Waals surface area contributed by atoms with Gasteiger partial charge in [-0.15, -0.1) is 0 Å². The minimum atomic E-state index is -0.411. The molecule has 4 nitrogen and oxygen atoms in total. The fraction of sp³-hybridized carbons (Fsp3) is 0.533. The van der Waals surface area contributed by atoms with Gasteiger partial charge in [-0.2, -0.15) is 5.06 Å². The number of benzene rings is 1. The van der Waals surface area contributed by atoms with Crippen molar-refractivity contribution in [2.24, 2.45) is 0 Å². The summed E-state index contributed by atoms with van der Waals surface area (Å²) in [6.07, 6.45) is 0.256. The van der Waals surface area contributed by atoms with Gasteiger partial charge in [0.05, 0.1) is 18.8 Å². The molecule has 0 N–H and O–H groups in total. The number of hydrogen-bond donors (Lipinski definition) is 0. The first-order valence-corrected chi connectivity index (χ1v) is 6.86. The lowest BCUT2D eigenvalue weighted by atomic mass is 10.1. The van der Waals surface area contributed by atoms with Gasteiger partial charge in [-0.05, 0) is 19.4 Å². The van der Waals surface area contributed by atoms with E-state index in [1.54, 1.807) is 0 Å². The van der Waals surface area contributed by atoms with Crippen LogP contribution in [0, 0.1) is 0 Å². The topological polar surface area (TPSA) is 38.8 Å². The number of nitrogens with zero attached hydrogens (tertiary/aromatic N) is 1. The average Bonchev–Trinajstić information content (AvgIpc) is 2.90. The van der Waals surface area contributed by atoms with E-state index in [1.807, 2.05) is 58.0 Å². The highest BCUT2D eigenvalue weighted by atomic mass is 16.7. The van der Waals surface area contributed by atoms with Gasteiger partial charge in [0, 0.05) is 6.42 Å². The Bertz CT molecular complexity index is 378. The first kappa shape index (κ1) is 15.5. The van der Waals surface area contributed by atoms with Gasteiger partial charge in [0.25, 0.3) is 0 Å². The Labute approximate surface area is 115 Å². The van der Waals surface area contributed by atoms with Crippen molar-refractivity contribution in [3.8, 4) is 0 Å². The van der Waals surface area contributed by atoms with E-state index in [0.717, 1.165) is 12.0 Å². The smallest absolute Gasteiger partial charge is 0.434 e. The van der Waals surface area contributed by atoms with E-state index in [2.05, 4.69) is 0 Å². The Hall–Kier alpha value is -1.55. The fourth-order valence-corrected chi connectivity index (χ4v) is 1.88. The maximum absolute atomic E-state index is 11.8. The zero-order chi connectivity index (χ0) is 14.3. The Morgan fingerprint density at radius 3 is 2.53 bits per heavy atom. The molecule has 0 aromatic heterocycles. The van der Waals surface area contributed by atoms with Crippen molar-refractivity contribution in [1.29, 1.82) is 0 Å². The van der Waals surface area contributed by atoms with Crippen molar-refractivity contribution in [3.63, 3.8) is 0 Å². The van der Waals surface area contributed by atoms with Gasteiger partial charge in [-0.25, -0.2) is 4.79 Å². The van der Waals surface area contributed by atoms with Crippen LogP contribution in [0.1, 0.15) is 45.7 Å². The Morgan fingerprint density at radius 2 is 1.95 bits per heavy atom. The van der Waals surface area contributed by atoms with E-state index in [1.165, 1.54) is 5.06 Å². The van der Waals surface area contributed by atoms with Gasteiger partial charge < -0.3 is 4.74 Å². The molecule has 106 valence electrons. The molecule has 1 heterocycles. The molecule has 0 saturated carbocycles. The Morgan fingerprint density at radius 1 is 1.32 bits per heavy atom. The summed E-state index contributed by atoms with van der Waals surface area (Å²) >= 11 is 0. The maximum atomic E-state index is 11.8. The van der Waals surface area contributed by atoms with Gasteiger partial charge in [0.15, 0.2) is 0 Å². The molecule has 0 spiro atoms. The number of carbonyl (C=O) groups is 1. The third-order valence-electron chi connectivity index (χ3n) is 2.61. The van der Waals surface area contributed by atoms with Crippen LogP contribution in [0.5, 0.6) is 0 Å². The van der Waals surface area contributed by atoms with E-state index in [9.17, 15) is 4.79 Å². The van der Waals surface area contributed by atoms with Crippen LogP contribution in [0.3, 0.4) is 0 Å². The lowest BCUT2D eigenvalue weighted by Crippen LogP contribution is -2.31. The van der Waals surface area contributed by atoms with Crippen molar-refractivity contribution in [2.75, 3.05) is 6.61 Å². The normalized spacial score (nSPS) is 17.9. The third kappa shape index (κ3) is 4.24. The van der Waals surface area contributed by atoms with E-state index in [0.29, 0.717) is 6.61 Å². The number of hydrogen-bond acceptors (Lipinski definition) is 3. The number of ether oxygens (including phenoxy) is 1. The molecule has 2 rings (SSSR count). The molecule has 1 fully saturated rings. The second kappa shape index (κ2) is 7.79. The predicted octanol–water partition coefficient (Wildman–Crippen LogP) is 3.94. The molecule has 0 aliphatic carbocycles. The second-order valence-electron chi connectivity index (χ2n) is 4.31. The molecule has 1 atom stereocenters. The number of rotatable bonds is 2. The van der Waals surface area contributed by atoms with Crippen molar-refractivity contribution >= 4 is 6.09 Å². The van der Waals surface area contributed by atoms with Crippen LogP contribution in [0.2, 0.25) is 0 Å². The molecule has 1 aliphatic heterocycles. The van der Waals surface area contributed by atoms with Gasteiger partial charge in [-0.1, -0.05) is 44.2 Å². The number of carbonyl (C=O) groups excluding carboxylic acids is 1. The molecule has 1 saturated heterocycles. The highest BCUT2D eigenvalue weighted by Crippen LogP contribution is 2.30. The van der Waals surface area contributed by atoms with Gasteiger partial charge >= 0.3 is 6.09 Å². The van der Waals surface area contributed by atoms with Crippen LogP contribution in [0.4, 0.5) is 4.79 Å². The standard InChI is InChI=1S/C13H17NO3.C2H6/c1-10(2)17-13(15)14-12(8-9-16-14)11-6-4-3-5-7-11;1-2/h3-7,10,12H,8-9H2,1-2H3;1-2H3. The molecule has 1 aromatic carbocycles. The summed E-state index contributed by atoms with van der Waals surface area (Å²) in [5, 5.41) is 1.34. The van der Waals surface area contributed by atoms with Crippen molar-refractivity contribution in [1.82, 2.24) is 5.06 Å². The van der Waals surface area contributed by atoms with Crippen LogP contribution in [-0.4, -0.2) is 23.9 Å². The van der Waals surface area contributed by atoms with Crippen LogP contribution in [-0.2, 0) is 9.57 Å². The van der Waals surface area contributed by atoms with Crippen molar-refractivity contribution in [3.05, 3.63) is 35.9 Å². The first-order chi connectivity index (χ1) is 9.18. The average molecular weight is 265 g/mol. The largest absolute Gasteiger partial charge is 0.445 e. The summed E-state index contributed by atoms with van der Waals surface area (Å²) in [5.74, 6) is 0. The van der Waals surface area contributed by atoms with Crippen LogP contribution in [0.15, 0.2) is 30.3 Å². The number of amides is 1. The summed E-state index contributed by atoms with van der Waals surface area (Å²) < 4.78 is 5.15. The highest BCUT2D eigenvalue weighted by Gasteiger charge is 2.33. The highest BCUT2D eigenvalue weighted by molar-refractivity contribution is 5.67. The van der Waals surface area contributed by atoms with Crippen LogP contribution in [0.25, 0.3) is 0 Å². The summed E-state index contributed by atoms with van der Waals surface area (Å²) in [6, 6.07) is 9.82. The molecule has 1 aliphatic rings. The molecule has 1 unspecified atom stereocenters. The minimum absolute atomic E-state index is 0.0394. The van der Waals surface area contributed by atoms with E-state index >= 15 is 0 Å². The summed E-state index contributed by atoms with van der Waals surface area (Å²) in [5.41, 5.74) is 1.07. The van der Waals surface area contributed by atoms with E-state index < -0.39 is 6.09 Å². The molecule has 4 heteroatoms. The minimum Gasteiger partial charge on any atom is -0.445 e. The van der Waals surface area contributed by atoms with Crippen molar-refractivity contribution in [2.45, 2.75) is 46.3 Å². The van der Waals surface area contributed by atoms with Crippen molar-refractivity contribution < 1.29 is 14.4 Å². The fourth-order valence-electron chi connectivity index (χ4n) is 1.88. The molecule has 19 heavy (non-hydrogen) atoms. The molecule has 0 radical (unpaired) electrons. The molecule has 0 bridgehead atoms. The SMILES string of the molecule is CC.CC(C)OC(=O)N1OCCC1c1ccccc1. The lowest BCUT2D eigenvalue weighted by Gasteiger charge is -2.23. The summed E-state index contributed by atoms with van der Waals surface area (Å²) in [7, 11) is 0. The number of hydroxylamine groups is 2. The maximum Gasteiger partial charge on any atom is 0.434 e.